The van der Waals surface area contributed by atoms with Crippen LogP contribution in [-0.2, 0) is 4.79 Å². The fourth-order valence-electron chi connectivity index (χ4n) is 4.47. The largest absolute Gasteiger partial charge is 0.341 e. The number of piperidine rings is 1. The van der Waals surface area contributed by atoms with Gasteiger partial charge in [0.15, 0.2) is 0 Å². The lowest BCUT2D eigenvalue weighted by Gasteiger charge is -2.39. The molecule has 0 radical (unpaired) electrons. The van der Waals surface area contributed by atoms with Gasteiger partial charge in [0.25, 0.3) is 0 Å². The fraction of sp³-hybridized carbons (Fsp3) is 0.947. The third-order valence-corrected chi connectivity index (χ3v) is 5.89. The topological polar surface area (TPSA) is 32.3 Å². The average molecular weight is 306 g/mol. The zero-order chi connectivity index (χ0) is 15.4. The Balaban J connectivity index is 1.51. The van der Waals surface area contributed by atoms with Gasteiger partial charge < -0.3 is 10.2 Å². The predicted octanol–water partition coefficient (Wildman–Crippen LogP) is 3.58. The normalized spacial score (nSPS) is 30.0. The summed E-state index contributed by atoms with van der Waals surface area (Å²) in [7, 11) is 0. The molecule has 126 valence electrons. The van der Waals surface area contributed by atoms with Crippen molar-refractivity contribution in [3.63, 3.8) is 0 Å². The Morgan fingerprint density at radius 3 is 2.50 bits per heavy atom. The molecule has 0 aromatic carbocycles. The maximum atomic E-state index is 12.3. The average Bonchev–Trinajstić information content (AvgIpc) is 3.16. The van der Waals surface area contributed by atoms with E-state index >= 15 is 0 Å². The van der Waals surface area contributed by atoms with Crippen LogP contribution in [0.25, 0.3) is 0 Å². The van der Waals surface area contributed by atoms with Gasteiger partial charge in [0.1, 0.15) is 0 Å². The molecule has 3 aliphatic rings. The molecule has 1 N–H and O–H groups in total. The quantitative estimate of drug-likeness (QED) is 0.779. The molecule has 2 unspecified atom stereocenters. The highest BCUT2D eigenvalue weighted by Crippen LogP contribution is 2.38. The van der Waals surface area contributed by atoms with Crippen molar-refractivity contribution < 1.29 is 4.79 Å². The molecule has 22 heavy (non-hydrogen) atoms. The molecule has 0 aromatic heterocycles. The summed E-state index contributed by atoms with van der Waals surface area (Å²) in [6.07, 6.45) is 12.9. The van der Waals surface area contributed by atoms with Gasteiger partial charge in [-0.05, 0) is 56.4 Å². The van der Waals surface area contributed by atoms with Gasteiger partial charge in [-0.2, -0.15) is 0 Å². The van der Waals surface area contributed by atoms with Crippen molar-refractivity contribution >= 4 is 5.91 Å². The molecule has 0 spiro atoms. The zero-order valence-corrected chi connectivity index (χ0v) is 14.4. The first-order chi connectivity index (χ1) is 10.7. The van der Waals surface area contributed by atoms with E-state index in [0.29, 0.717) is 11.9 Å². The molecule has 2 aliphatic carbocycles. The van der Waals surface area contributed by atoms with E-state index in [0.717, 1.165) is 43.7 Å². The van der Waals surface area contributed by atoms with Crippen LogP contribution in [0, 0.1) is 17.8 Å². The van der Waals surface area contributed by atoms with Crippen molar-refractivity contribution in [2.24, 2.45) is 17.8 Å². The number of rotatable bonds is 7. The van der Waals surface area contributed by atoms with E-state index in [-0.39, 0.29) is 0 Å². The van der Waals surface area contributed by atoms with E-state index in [4.69, 9.17) is 0 Å². The van der Waals surface area contributed by atoms with Gasteiger partial charge in [-0.3, -0.25) is 4.79 Å². The summed E-state index contributed by atoms with van der Waals surface area (Å²) in [5, 5.41) is 3.82. The summed E-state index contributed by atoms with van der Waals surface area (Å²) < 4.78 is 0. The molecule has 1 heterocycles. The molecular formula is C19H34N2O. The van der Waals surface area contributed by atoms with E-state index in [2.05, 4.69) is 17.1 Å². The molecule has 1 saturated heterocycles. The second-order valence-electron chi connectivity index (χ2n) is 8.09. The summed E-state index contributed by atoms with van der Waals surface area (Å²) >= 11 is 0. The second-order valence-corrected chi connectivity index (χ2v) is 8.09. The number of likely N-dealkylation sites (tertiary alicyclic amines) is 1. The molecule has 0 aromatic rings. The van der Waals surface area contributed by atoms with Crippen LogP contribution in [0.1, 0.15) is 71.1 Å². The van der Waals surface area contributed by atoms with Crippen molar-refractivity contribution in [3.05, 3.63) is 0 Å². The molecule has 1 aliphatic heterocycles. The number of amides is 1. The van der Waals surface area contributed by atoms with Crippen LogP contribution in [0.3, 0.4) is 0 Å². The smallest absolute Gasteiger partial charge is 0.222 e. The highest BCUT2D eigenvalue weighted by molar-refractivity contribution is 5.76. The predicted molar refractivity (Wildman–Crippen MR) is 90.7 cm³/mol. The lowest BCUT2D eigenvalue weighted by molar-refractivity contribution is -0.133. The minimum atomic E-state index is 0.385. The number of hydrogen-bond donors (Lipinski definition) is 1. The number of carbonyl (C=O) groups is 1. The highest BCUT2D eigenvalue weighted by atomic mass is 16.2. The van der Waals surface area contributed by atoms with Crippen molar-refractivity contribution in [1.82, 2.24) is 10.2 Å². The fourth-order valence-corrected chi connectivity index (χ4v) is 4.47. The molecule has 2 atom stereocenters. The molecule has 2 saturated carbocycles. The number of carbonyl (C=O) groups excluding carboxylic acids is 1. The van der Waals surface area contributed by atoms with E-state index in [1.165, 1.54) is 57.9 Å². The first-order valence-electron chi connectivity index (χ1n) is 9.75. The van der Waals surface area contributed by atoms with E-state index < -0.39 is 0 Å². The van der Waals surface area contributed by atoms with Crippen LogP contribution in [0.5, 0.6) is 0 Å². The van der Waals surface area contributed by atoms with Crippen LogP contribution in [0.2, 0.25) is 0 Å². The Bertz CT molecular complexity index is 360. The van der Waals surface area contributed by atoms with Crippen molar-refractivity contribution in [2.75, 3.05) is 19.6 Å². The van der Waals surface area contributed by atoms with Gasteiger partial charge in [-0.25, -0.2) is 0 Å². The number of hydrogen-bond acceptors (Lipinski definition) is 2. The van der Waals surface area contributed by atoms with Crippen LogP contribution >= 0.6 is 0 Å². The van der Waals surface area contributed by atoms with Crippen molar-refractivity contribution in [1.29, 1.82) is 0 Å². The van der Waals surface area contributed by atoms with E-state index in [1.807, 2.05) is 0 Å². The summed E-state index contributed by atoms with van der Waals surface area (Å²) in [6.45, 7) is 5.26. The van der Waals surface area contributed by atoms with E-state index in [1.54, 1.807) is 0 Å². The van der Waals surface area contributed by atoms with Crippen LogP contribution in [0.15, 0.2) is 0 Å². The maximum absolute atomic E-state index is 12.3. The standard InChI is InChI=1S/C19H34N2O/c1-2-5-19(22)21-13-17(10-15-8-9-15)11-18(14-21)20-12-16-6-3-4-7-16/h15-18,20H,2-14H2,1H3. The van der Waals surface area contributed by atoms with Crippen molar-refractivity contribution in [2.45, 2.75) is 77.2 Å². The van der Waals surface area contributed by atoms with Crippen LogP contribution in [0.4, 0.5) is 0 Å². The molecule has 3 rings (SSSR count). The number of nitrogens with zero attached hydrogens (tertiary/aromatic N) is 1. The summed E-state index contributed by atoms with van der Waals surface area (Å²) in [5.74, 6) is 2.99. The summed E-state index contributed by atoms with van der Waals surface area (Å²) in [6, 6.07) is 0.541. The third kappa shape index (κ3) is 4.71. The summed E-state index contributed by atoms with van der Waals surface area (Å²) in [4.78, 5) is 14.5. The zero-order valence-electron chi connectivity index (χ0n) is 14.4. The van der Waals surface area contributed by atoms with Crippen LogP contribution in [-0.4, -0.2) is 36.5 Å². The van der Waals surface area contributed by atoms with Crippen LogP contribution < -0.4 is 5.32 Å². The van der Waals surface area contributed by atoms with Gasteiger partial charge in [-0.15, -0.1) is 0 Å². The lowest BCUT2D eigenvalue weighted by Crippen LogP contribution is -2.52. The van der Waals surface area contributed by atoms with Crippen molar-refractivity contribution in [3.8, 4) is 0 Å². The third-order valence-electron chi connectivity index (χ3n) is 5.89. The molecule has 3 nitrogen and oxygen atoms in total. The van der Waals surface area contributed by atoms with E-state index in [9.17, 15) is 4.79 Å². The first kappa shape index (κ1) is 16.3. The molecular weight excluding hydrogens is 272 g/mol. The highest BCUT2D eigenvalue weighted by Gasteiger charge is 2.33. The summed E-state index contributed by atoms with van der Waals surface area (Å²) in [5.41, 5.74) is 0. The SMILES string of the molecule is CCCC(=O)N1CC(CC2CC2)CC(NCC2CCCC2)C1. The van der Waals surface area contributed by atoms with Gasteiger partial charge in [0, 0.05) is 25.6 Å². The number of nitrogens with one attached hydrogen (secondary N) is 1. The first-order valence-corrected chi connectivity index (χ1v) is 9.75. The minimum absolute atomic E-state index is 0.385. The molecule has 3 heteroatoms. The second kappa shape index (κ2) is 7.81. The monoisotopic (exact) mass is 306 g/mol. The maximum Gasteiger partial charge on any atom is 0.222 e. The molecule has 3 fully saturated rings. The molecule has 0 bridgehead atoms. The molecule has 1 amide bonds. The Kier molecular flexibility index (Phi) is 5.78. The van der Waals surface area contributed by atoms with Gasteiger partial charge in [0.05, 0.1) is 0 Å². The van der Waals surface area contributed by atoms with Gasteiger partial charge in [0.2, 0.25) is 5.91 Å². The lowest BCUT2D eigenvalue weighted by atomic mass is 9.89. The van der Waals surface area contributed by atoms with Gasteiger partial charge in [-0.1, -0.05) is 32.6 Å². The Morgan fingerprint density at radius 1 is 1.05 bits per heavy atom. The Morgan fingerprint density at radius 2 is 1.82 bits per heavy atom. The Hall–Kier alpha value is -0.570. The minimum Gasteiger partial charge on any atom is -0.341 e. The Labute approximate surface area is 136 Å². The van der Waals surface area contributed by atoms with Gasteiger partial charge >= 0.3 is 0 Å².